The fourth-order valence-electron chi connectivity index (χ4n) is 2.93. The van der Waals surface area contributed by atoms with Gasteiger partial charge in [0, 0.05) is 47.1 Å². The van der Waals surface area contributed by atoms with Crippen LogP contribution in [0.15, 0.2) is 24.5 Å². The summed E-state index contributed by atoms with van der Waals surface area (Å²) >= 11 is 1.54. The second-order valence-corrected chi connectivity index (χ2v) is 7.17. The van der Waals surface area contributed by atoms with E-state index in [0.717, 1.165) is 38.1 Å². The van der Waals surface area contributed by atoms with Gasteiger partial charge in [0.1, 0.15) is 5.01 Å². The van der Waals surface area contributed by atoms with Crippen LogP contribution in [0.25, 0.3) is 21.8 Å². The molecule has 25 heavy (non-hydrogen) atoms. The van der Waals surface area contributed by atoms with Crippen molar-refractivity contribution in [1.29, 1.82) is 0 Å². The third-order valence-electron chi connectivity index (χ3n) is 4.25. The Bertz CT molecular complexity index is 915. The zero-order valence-corrected chi connectivity index (χ0v) is 15.5. The van der Waals surface area contributed by atoms with Crippen molar-refractivity contribution in [3.8, 4) is 21.8 Å². The quantitative estimate of drug-likeness (QED) is 0.752. The molecule has 0 saturated carbocycles. The van der Waals surface area contributed by atoms with Crippen LogP contribution in [0, 0.1) is 13.8 Å². The largest absolute Gasteiger partial charge is 0.481 e. The average molecular weight is 356 g/mol. The van der Waals surface area contributed by atoms with E-state index in [4.69, 9.17) is 4.98 Å². The Morgan fingerprint density at radius 3 is 2.56 bits per heavy atom. The van der Waals surface area contributed by atoms with E-state index in [-0.39, 0.29) is 12.3 Å². The topological polar surface area (TPSA) is 80.9 Å². The average Bonchev–Trinajstić information content (AvgIpc) is 3.09. The Hall–Kier alpha value is -2.54. The van der Waals surface area contributed by atoms with Crippen molar-refractivity contribution in [2.75, 3.05) is 0 Å². The van der Waals surface area contributed by atoms with E-state index in [1.165, 1.54) is 0 Å². The lowest BCUT2D eigenvalue weighted by molar-refractivity contribution is -0.137. The maximum atomic E-state index is 11.2. The van der Waals surface area contributed by atoms with Crippen LogP contribution in [0.5, 0.6) is 0 Å². The van der Waals surface area contributed by atoms with Gasteiger partial charge in [0.05, 0.1) is 17.8 Å². The highest BCUT2D eigenvalue weighted by molar-refractivity contribution is 7.15. The molecule has 7 heteroatoms. The van der Waals surface area contributed by atoms with Gasteiger partial charge in [-0.1, -0.05) is 6.92 Å². The van der Waals surface area contributed by atoms with E-state index in [2.05, 4.69) is 10.1 Å². The molecule has 3 heterocycles. The Morgan fingerprint density at radius 2 is 2.00 bits per heavy atom. The molecule has 1 unspecified atom stereocenters. The summed E-state index contributed by atoms with van der Waals surface area (Å²) in [6, 6.07) is 3.83. The summed E-state index contributed by atoms with van der Waals surface area (Å²) in [6.45, 7) is 5.90. The summed E-state index contributed by atoms with van der Waals surface area (Å²) in [4.78, 5) is 21.1. The van der Waals surface area contributed by atoms with E-state index in [1.54, 1.807) is 23.7 Å². The van der Waals surface area contributed by atoms with Crippen LogP contribution in [0.3, 0.4) is 0 Å². The van der Waals surface area contributed by atoms with Gasteiger partial charge in [-0.15, -0.1) is 11.3 Å². The van der Waals surface area contributed by atoms with Crippen LogP contribution in [-0.4, -0.2) is 30.8 Å². The minimum absolute atomic E-state index is 0.0728. The van der Waals surface area contributed by atoms with Crippen molar-refractivity contribution < 1.29 is 9.90 Å². The first-order valence-corrected chi connectivity index (χ1v) is 8.83. The summed E-state index contributed by atoms with van der Waals surface area (Å²) < 4.78 is 1.84. The van der Waals surface area contributed by atoms with E-state index in [9.17, 15) is 9.90 Å². The number of aromatic nitrogens is 4. The lowest BCUT2D eigenvalue weighted by Crippen LogP contribution is -2.03. The number of aryl methyl sites for hydroxylation is 2. The van der Waals surface area contributed by atoms with Gasteiger partial charge in [-0.2, -0.15) is 5.10 Å². The maximum Gasteiger partial charge on any atom is 0.303 e. The van der Waals surface area contributed by atoms with Gasteiger partial charge in [0.2, 0.25) is 0 Å². The van der Waals surface area contributed by atoms with Crippen LogP contribution in [-0.2, 0) is 11.8 Å². The molecule has 0 amide bonds. The number of hydrogen-bond donors (Lipinski definition) is 1. The predicted molar refractivity (Wildman–Crippen MR) is 97.7 cm³/mol. The van der Waals surface area contributed by atoms with Gasteiger partial charge in [0.25, 0.3) is 0 Å². The number of carbonyl (C=O) groups is 1. The highest BCUT2D eigenvalue weighted by atomic mass is 32.1. The summed E-state index contributed by atoms with van der Waals surface area (Å²) in [5, 5.41) is 14.6. The van der Waals surface area contributed by atoms with Gasteiger partial charge < -0.3 is 5.11 Å². The summed E-state index contributed by atoms with van der Waals surface area (Å²) in [6.07, 6.45) is 3.54. The summed E-state index contributed by atoms with van der Waals surface area (Å²) in [5.74, 6) is -0.934. The molecular weight excluding hydrogens is 336 g/mol. The molecule has 3 aromatic heterocycles. The van der Waals surface area contributed by atoms with Crippen molar-refractivity contribution in [3.63, 3.8) is 0 Å². The van der Waals surface area contributed by atoms with Crippen LogP contribution < -0.4 is 0 Å². The first kappa shape index (κ1) is 17.3. The van der Waals surface area contributed by atoms with Gasteiger partial charge in [-0.05, 0) is 26.0 Å². The molecule has 130 valence electrons. The molecule has 3 aromatic rings. The lowest BCUT2D eigenvalue weighted by Gasteiger charge is -2.09. The molecule has 0 aromatic carbocycles. The molecule has 0 radical (unpaired) electrons. The molecule has 0 saturated heterocycles. The fourth-order valence-corrected chi connectivity index (χ4v) is 4.06. The van der Waals surface area contributed by atoms with E-state index in [1.807, 2.05) is 44.6 Å². The summed E-state index contributed by atoms with van der Waals surface area (Å²) in [5.41, 5.74) is 4.73. The number of carboxylic acids is 1. The molecule has 3 rings (SSSR count). The highest BCUT2D eigenvalue weighted by Gasteiger charge is 2.24. The normalized spacial score (nSPS) is 12.3. The second kappa shape index (κ2) is 6.76. The predicted octanol–water partition coefficient (Wildman–Crippen LogP) is 3.80. The number of pyridine rings is 1. The molecular formula is C18H20N4O2S. The first-order chi connectivity index (χ1) is 11.9. The number of hydrogen-bond acceptors (Lipinski definition) is 5. The maximum absolute atomic E-state index is 11.2. The standard InChI is InChI=1S/C18H20N4O2S/c1-10(9-14(23)24)17-16(15-11(2)21-22(4)12(15)3)20-18(25-17)13-5-7-19-8-6-13/h5-8,10H,9H2,1-4H3,(H,23,24). The minimum atomic E-state index is -0.808. The van der Waals surface area contributed by atoms with Crippen molar-refractivity contribution in [3.05, 3.63) is 40.8 Å². The first-order valence-electron chi connectivity index (χ1n) is 8.02. The number of nitrogens with zero attached hydrogens (tertiary/aromatic N) is 4. The number of thiazole rings is 1. The van der Waals surface area contributed by atoms with Crippen molar-refractivity contribution >= 4 is 17.3 Å². The van der Waals surface area contributed by atoms with Crippen molar-refractivity contribution in [2.24, 2.45) is 7.05 Å². The smallest absolute Gasteiger partial charge is 0.303 e. The highest BCUT2D eigenvalue weighted by Crippen LogP contribution is 2.41. The van der Waals surface area contributed by atoms with E-state index in [0.29, 0.717) is 0 Å². The second-order valence-electron chi connectivity index (χ2n) is 6.14. The molecule has 0 fully saturated rings. The SMILES string of the molecule is Cc1nn(C)c(C)c1-c1nc(-c2ccncc2)sc1C(C)CC(=O)O. The van der Waals surface area contributed by atoms with Crippen LogP contribution in [0.1, 0.15) is 35.5 Å². The van der Waals surface area contributed by atoms with Gasteiger partial charge in [-0.3, -0.25) is 14.5 Å². The summed E-state index contributed by atoms with van der Waals surface area (Å²) in [7, 11) is 1.91. The Balaban J connectivity index is 2.18. The Labute approximate surface area is 150 Å². The molecule has 1 N–H and O–H groups in total. The minimum Gasteiger partial charge on any atom is -0.481 e. The molecule has 0 spiro atoms. The van der Waals surface area contributed by atoms with Gasteiger partial charge in [0.15, 0.2) is 0 Å². The third kappa shape index (κ3) is 3.32. The number of rotatable bonds is 5. The molecule has 0 aliphatic rings. The Kier molecular flexibility index (Phi) is 4.67. The number of carboxylic acid groups (broad SMARTS) is 1. The molecule has 0 aliphatic heterocycles. The zero-order chi connectivity index (χ0) is 18.1. The lowest BCUT2D eigenvalue weighted by atomic mass is 10.00. The molecule has 0 aliphatic carbocycles. The van der Waals surface area contributed by atoms with Crippen LogP contribution in [0.2, 0.25) is 0 Å². The molecule has 6 nitrogen and oxygen atoms in total. The zero-order valence-electron chi connectivity index (χ0n) is 14.6. The van der Waals surface area contributed by atoms with E-state index < -0.39 is 5.97 Å². The fraction of sp³-hybridized carbons (Fsp3) is 0.333. The van der Waals surface area contributed by atoms with Gasteiger partial charge >= 0.3 is 5.97 Å². The molecule has 1 atom stereocenters. The van der Waals surface area contributed by atoms with Crippen molar-refractivity contribution in [2.45, 2.75) is 33.1 Å². The third-order valence-corrected chi connectivity index (χ3v) is 5.59. The van der Waals surface area contributed by atoms with Crippen molar-refractivity contribution in [1.82, 2.24) is 19.7 Å². The van der Waals surface area contributed by atoms with Gasteiger partial charge in [-0.25, -0.2) is 4.98 Å². The van der Waals surface area contributed by atoms with E-state index >= 15 is 0 Å². The van der Waals surface area contributed by atoms with Crippen LogP contribution >= 0.6 is 11.3 Å². The monoisotopic (exact) mass is 356 g/mol. The number of aliphatic carboxylic acids is 1. The molecule has 0 bridgehead atoms. The van der Waals surface area contributed by atoms with Crippen LogP contribution in [0.4, 0.5) is 0 Å². The Morgan fingerprint density at radius 1 is 1.32 bits per heavy atom.